The van der Waals surface area contributed by atoms with Gasteiger partial charge in [0.05, 0.1) is 6.07 Å². The predicted molar refractivity (Wildman–Crippen MR) is 64.0 cm³/mol. The summed E-state index contributed by atoms with van der Waals surface area (Å²) < 4.78 is 0. The summed E-state index contributed by atoms with van der Waals surface area (Å²) in [6.07, 6.45) is -0.265. The van der Waals surface area contributed by atoms with Gasteiger partial charge in [-0.05, 0) is 12.5 Å². The first-order valence-electron chi connectivity index (χ1n) is 5.62. The van der Waals surface area contributed by atoms with E-state index in [0.717, 1.165) is 11.1 Å². The number of amides is 1. The van der Waals surface area contributed by atoms with E-state index in [1.54, 1.807) is 6.07 Å². The summed E-state index contributed by atoms with van der Waals surface area (Å²) in [5.41, 5.74) is 0.540. The number of carbonyl (C=O) groups excluding carboxylic acids is 2. The largest absolute Gasteiger partial charge is 0.327 e. The molecule has 1 amide bonds. The maximum absolute atomic E-state index is 11.9. The molecule has 5 nitrogen and oxygen atoms in total. The lowest BCUT2D eigenvalue weighted by atomic mass is 9.95. The second-order valence-corrected chi connectivity index (χ2v) is 4.20. The molecule has 1 aromatic rings. The number of hydrogen-bond donors (Lipinski definition) is 2. The number of carbonyl (C=O) groups is 2. The minimum atomic E-state index is -1.19. The second kappa shape index (κ2) is 4.59. The normalized spacial score (nSPS) is 20.9. The Morgan fingerprint density at radius 3 is 2.89 bits per heavy atom. The minimum absolute atomic E-state index is 0.196. The Bertz CT molecular complexity index is 547. The van der Waals surface area contributed by atoms with Crippen molar-refractivity contribution in [2.75, 3.05) is 0 Å². The van der Waals surface area contributed by atoms with Gasteiger partial charge in [-0.3, -0.25) is 14.9 Å². The van der Waals surface area contributed by atoms with Crippen LogP contribution in [-0.2, 0) is 21.8 Å². The molecule has 0 radical (unpaired) electrons. The molecule has 5 heteroatoms. The molecule has 0 saturated heterocycles. The van der Waals surface area contributed by atoms with E-state index >= 15 is 0 Å². The molecule has 0 saturated carbocycles. The number of nitriles is 1. The molecular formula is C13H13N3O2. The maximum Gasteiger partial charge on any atom is 0.236 e. The number of fused-ring (bicyclic) bond motifs is 1. The first kappa shape index (κ1) is 12.3. The van der Waals surface area contributed by atoms with Crippen LogP contribution in [0.15, 0.2) is 24.3 Å². The topological polar surface area (TPSA) is 82.0 Å². The summed E-state index contributed by atoms with van der Waals surface area (Å²) in [5.74, 6) is -0.657. The summed E-state index contributed by atoms with van der Waals surface area (Å²) >= 11 is 0. The predicted octanol–water partition coefficient (Wildman–Crippen LogP) is 0.561. The van der Waals surface area contributed by atoms with E-state index in [2.05, 4.69) is 10.6 Å². The van der Waals surface area contributed by atoms with Crippen molar-refractivity contribution in [3.8, 4) is 6.07 Å². The molecule has 0 spiro atoms. The van der Waals surface area contributed by atoms with Crippen LogP contribution in [0.25, 0.3) is 0 Å². The van der Waals surface area contributed by atoms with Gasteiger partial charge in [0.15, 0.2) is 11.4 Å². The van der Waals surface area contributed by atoms with Gasteiger partial charge >= 0.3 is 0 Å². The Morgan fingerprint density at radius 2 is 2.22 bits per heavy atom. The zero-order valence-electron chi connectivity index (χ0n) is 9.99. The molecule has 0 fully saturated rings. The van der Waals surface area contributed by atoms with Crippen molar-refractivity contribution in [1.29, 1.82) is 5.26 Å². The van der Waals surface area contributed by atoms with Crippen LogP contribution < -0.4 is 10.6 Å². The summed E-state index contributed by atoms with van der Waals surface area (Å²) in [7, 11) is 0. The molecule has 0 bridgehead atoms. The number of benzene rings is 1. The SMILES string of the molecule is CC(=O)C1(NC(=O)CC#N)NCc2ccccc21. The number of nitrogens with one attached hydrogen (secondary N) is 2. The van der Waals surface area contributed by atoms with Crippen LogP contribution >= 0.6 is 0 Å². The number of ketones is 1. The van der Waals surface area contributed by atoms with E-state index in [9.17, 15) is 9.59 Å². The van der Waals surface area contributed by atoms with Crippen LogP contribution in [0.2, 0.25) is 0 Å². The minimum Gasteiger partial charge on any atom is -0.327 e. The third-order valence-corrected chi connectivity index (χ3v) is 3.06. The van der Waals surface area contributed by atoms with Crippen molar-refractivity contribution in [1.82, 2.24) is 10.6 Å². The molecule has 1 aliphatic rings. The van der Waals surface area contributed by atoms with Gasteiger partial charge < -0.3 is 5.32 Å². The van der Waals surface area contributed by atoms with E-state index in [1.807, 2.05) is 24.3 Å². The molecule has 1 unspecified atom stereocenters. The molecule has 1 aromatic carbocycles. The highest BCUT2D eigenvalue weighted by Gasteiger charge is 2.43. The Balaban J connectivity index is 2.39. The van der Waals surface area contributed by atoms with E-state index < -0.39 is 11.6 Å². The Kier molecular flexibility index (Phi) is 3.13. The number of Topliss-reactive ketones (excluding diaryl/α,β-unsaturated/α-hetero) is 1. The van der Waals surface area contributed by atoms with E-state index in [4.69, 9.17) is 5.26 Å². The van der Waals surface area contributed by atoms with Gasteiger partial charge in [-0.15, -0.1) is 0 Å². The first-order valence-corrected chi connectivity index (χ1v) is 5.62. The molecule has 18 heavy (non-hydrogen) atoms. The Labute approximate surface area is 105 Å². The Morgan fingerprint density at radius 1 is 1.50 bits per heavy atom. The van der Waals surface area contributed by atoms with E-state index in [0.29, 0.717) is 6.54 Å². The lowest BCUT2D eigenvalue weighted by Crippen LogP contribution is -2.57. The molecule has 1 atom stereocenters. The molecule has 2 N–H and O–H groups in total. The van der Waals surface area contributed by atoms with Crippen molar-refractivity contribution in [2.45, 2.75) is 25.6 Å². The summed E-state index contributed by atoms with van der Waals surface area (Å²) in [5, 5.41) is 14.2. The Hall–Kier alpha value is -2.19. The third kappa shape index (κ3) is 1.87. The zero-order chi connectivity index (χ0) is 13.2. The zero-order valence-corrected chi connectivity index (χ0v) is 9.99. The van der Waals surface area contributed by atoms with E-state index in [1.165, 1.54) is 6.92 Å². The van der Waals surface area contributed by atoms with Crippen molar-refractivity contribution < 1.29 is 9.59 Å². The van der Waals surface area contributed by atoms with Crippen LogP contribution in [0.5, 0.6) is 0 Å². The average molecular weight is 243 g/mol. The summed E-state index contributed by atoms with van der Waals surface area (Å²) in [6.45, 7) is 1.93. The maximum atomic E-state index is 11.9. The van der Waals surface area contributed by atoms with Crippen LogP contribution in [0.1, 0.15) is 24.5 Å². The van der Waals surface area contributed by atoms with Crippen LogP contribution in [-0.4, -0.2) is 11.7 Å². The van der Waals surface area contributed by atoms with Crippen LogP contribution in [0, 0.1) is 11.3 Å². The molecule has 1 aliphatic heterocycles. The van der Waals surface area contributed by atoms with Gasteiger partial charge in [0, 0.05) is 12.1 Å². The van der Waals surface area contributed by atoms with Gasteiger partial charge in [0.1, 0.15) is 6.42 Å². The van der Waals surface area contributed by atoms with Gasteiger partial charge in [-0.25, -0.2) is 0 Å². The monoisotopic (exact) mass is 243 g/mol. The first-order chi connectivity index (χ1) is 8.60. The summed E-state index contributed by atoms with van der Waals surface area (Å²) in [6, 6.07) is 9.19. The smallest absolute Gasteiger partial charge is 0.236 e. The van der Waals surface area contributed by atoms with E-state index in [-0.39, 0.29) is 12.2 Å². The molecular weight excluding hydrogens is 230 g/mol. The third-order valence-electron chi connectivity index (χ3n) is 3.06. The van der Waals surface area contributed by atoms with Gasteiger partial charge in [0.25, 0.3) is 0 Å². The molecule has 2 rings (SSSR count). The quantitative estimate of drug-likeness (QED) is 0.812. The van der Waals surface area contributed by atoms with Gasteiger partial charge in [-0.2, -0.15) is 5.26 Å². The fraction of sp³-hybridized carbons (Fsp3) is 0.308. The standard InChI is InChI=1S/C13H13N3O2/c1-9(17)13(16-12(18)6-7-14)11-5-3-2-4-10(11)8-15-13/h2-5,15H,6,8H2,1H3,(H,16,18). The number of rotatable bonds is 3. The average Bonchev–Trinajstić information content (AvgIpc) is 2.70. The van der Waals surface area contributed by atoms with Crippen molar-refractivity contribution >= 4 is 11.7 Å². The molecule has 92 valence electrons. The van der Waals surface area contributed by atoms with Gasteiger partial charge in [0.2, 0.25) is 5.91 Å². The number of nitrogens with zero attached hydrogens (tertiary/aromatic N) is 1. The highest BCUT2D eigenvalue weighted by Crippen LogP contribution is 2.29. The van der Waals surface area contributed by atoms with Crippen molar-refractivity contribution in [2.24, 2.45) is 0 Å². The fourth-order valence-corrected chi connectivity index (χ4v) is 2.20. The fourth-order valence-electron chi connectivity index (χ4n) is 2.20. The van der Waals surface area contributed by atoms with Gasteiger partial charge in [-0.1, -0.05) is 24.3 Å². The molecule has 1 heterocycles. The lowest BCUT2D eigenvalue weighted by Gasteiger charge is -2.28. The lowest BCUT2D eigenvalue weighted by molar-refractivity contribution is -0.132. The highest BCUT2D eigenvalue weighted by atomic mass is 16.2. The summed E-state index contributed by atoms with van der Waals surface area (Å²) in [4.78, 5) is 23.5. The van der Waals surface area contributed by atoms with Crippen molar-refractivity contribution in [3.63, 3.8) is 0 Å². The van der Waals surface area contributed by atoms with Crippen LogP contribution in [0.3, 0.4) is 0 Å². The number of hydrogen-bond acceptors (Lipinski definition) is 4. The van der Waals surface area contributed by atoms with Crippen LogP contribution in [0.4, 0.5) is 0 Å². The second-order valence-electron chi connectivity index (χ2n) is 4.20. The molecule has 0 aliphatic carbocycles. The molecule has 0 aromatic heterocycles. The van der Waals surface area contributed by atoms with Crippen molar-refractivity contribution in [3.05, 3.63) is 35.4 Å². The highest BCUT2D eigenvalue weighted by molar-refractivity contribution is 5.93.